The number of aromatic nitrogens is 2. The van der Waals surface area contributed by atoms with Crippen LogP contribution in [0.5, 0.6) is 0 Å². The van der Waals surface area contributed by atoms with Crippen molar-refractivity contribution in [2.75, 3.05) is 13.6 Å². The molecule has 0 unspecified atom stereocenters. The lowest BCUT2D eigenvalue weighted by Crippen LogP contribution is -2.37. The van der Waals surface area contributed by atoms with Crippen LogP contribution in [0, 0.1) is 11.3 Å². The summed E-state index contributed by atoms with van der Waals surface area (Å²) in [5.74, 6) is 0.768. The van der Waals surface area contributed by atoms with Crippen LogP contribution in [0.15, 0.2) is 47.7 Å². The zero-order chi connectivity index (χ0) is 15.6. The zero-order valence-corrected chi connectivity index (χ0v) is 15.4. The quantitative estimate of drug-likeness (QED) is 0.323. The average molecular weight is 424 g/mol. The van der Waals surface area contributed by atoms with Crippen LogP contribution in [-0.4, -0.2) is 29.3 Å². The first-order chi connectivity index (χ1) is 10.8. The SMILES string of the molecule is CN=C(NCCCn1cccn1)NCc1ccc(C#N)cc1.I. The summed E-state index contributed by atoms with van der Waals surface area (Å²) in [6.07, 6.45) is 4.71. The highest BCUT2D eigenvalue weighted by molar-refractivity contribution is 14.0. The number of hydrogen-bond acceptors (Lipinski definition) is 3. The number of nitrogens with zero attached hydrogens (tertiary/aromatic N) is 4. The van der Waals surface area contributed by atoms with Crippen molar-refractivity contribution < 1.29 is 0 Å². The van der Waals surface area contributed by atoms with E-state index >= 15 is 0 Å². The maximum absolute atomic E-state index is 8.77. The zero-order valence-electron chi connectivity index (χ0n) is 13.1. The third-order valence-corrected chi connectivity index (χ3v) is 3.18. The van der Waals surface area contributed by atoms with E-state index in [1.54, 1.807) is 13.2 Å². The molecule has 0 amide bonds. The summed E-state index contributed by atoms with van der Waals surface area (Å²) in [6, 6.07) is 11.6. The summed E-state index contributed by atoms with van der Waals surface area (Å²) in [6.45, 7) is 2.38. The molecule has 2 aromatic rings. The van der Waals surface area contributed by atoms with Gasteiger partial charge in [-0.25, -0.2) is 0 Å². The first-order valence-electron chi connectivity index (χ1n) is 7.23. The van der Waals surface area contributed by atoms with Crippen LogP contribution in [0.4, 0.5) is 0 Å². The van der Waals surface area contributed by atoms with Gasteiger partial charge in [-0.1, -0.05) is 12.1 Å². The van der Waals surface area contributed by atoms with E-state index in [1.807, 2.05) is 41.2 Å². The standard InChI is InChI=1S/C16H20N6.HI/c1-18-16(19-8-2-10-22-11-3-9-21-22)20-13-15-6-4-14(12-17)5-7-15;/h3-7,9,11H,2,8,10,13H2,1H3,(H2,18,19,20);1H. The molecule has 7 heteroatoms. The minimum absolute atomic E-state index is 0. The van der Waals surface area contributed by atoms with Gasteiger partial charge in [0.1, 0.15) is 0 Å². The van der Waals surface area contributed by atoms with Crippen LogP contribution in [0.3, 0.4) is 0 Å². The van der Waals surface area contributed by atoms with Crippen LogP contribution < -0.4 is 10.6 Å². The molecule has 122 valence electrons. The van der Waals surface area contributed by atoms with Crippen molar-refractivity contribution in [2.24, 2.45) is 4.99 Å². The Bertz CT molecular complexity index is 628. The van der Waals surface area contributed by atoms with Gasteiger partial charge in [0.15, 0.2) is 5.96 Å². The van der Waals surface area contributed by atoms with E-state index in [1.165, 1.54) is 0 Å². The van der Waals surface area contributed by atoms with Gasteiger partial charge < -0.3 is 10.6 Å². The molecule has 6 nitrogen and oxygen atoms in total. The van der Waals surface area contributed by atoms with Gasteiger partial charge >= 0.3 is 0 Å². The Balaban J connectivity index is 0.00000264. The van der Waals surface area contributed by atoms with Gasteiger partial charge in [0.2, 0.25) is 0 Å². The first-order valence-corrected chi connectivity index (χ1v) is 7.23. The molecule has 2 rings (SSSR count). The Kier molecular flexibility index (Phi) is 8.75. The van der Waals surface area contributed by atoms with E-state index in [2.05, 4.69) is 26.8 Å². The van der Waals surface area contributed by atoms with Crippen LogP contribution in [0.2, 0.25) is 0 Å². The summed E-state index contributed by atoms with van der Waals surface area (Å²) < 4.78 is 1.91. The number of guanidine groups is 1. The number of aliphatic imine (C=N–C) groups is 1. The Morgan fingerprint density at radius 3 is 2.70 bits per heavy atom. The van der Waals surface area contributed by atoms with E-state index in [0.717, 1.165) is 31.0 Å². The van der Waals surface area contributed by atoms with Crippen molar-refractivity contribution in [3.05, 3.63) is 53.9 Å². The Hall–Kier alpha value is -2.08. The first kappa shape index (κ1) is 19.0. The molecule has 0 spiro atoms. The van der Waals surface area contributed by atoms with Crippen molar-refractivity contribution in [1.29, 1.82) is 5.26 Å². The second kappa shape index (κ2) is 10.6. The fourth-order valence-corrected chi connectivity index (χ4v) is 1.98. The lowest BCUT2D eigenvalue weighted by atomic mass is 10.1. The summed E-state index contributed by atoms with van der Waals surface area (Å²) >= 11 is 0. The third-order valence-electron chi connectivity index (χ3n) is 3.18. The van der Waals surface area contributed by atoms with Gasteiger partial charge in [-0.3, -0.25) is 9.67 Å². The van der Waals surface area contributed by atoms with E-state index in [-0.39, 0.29) is 24.0 Å². The minimum atomic E-state index is 0. The molecule has 2 N–H and O–H groups in total. The number of rotatable bonds is 6. The fraction of sp³-hybridized carbons (Fsp3) is 0.312. The van der Waals surface area contributed by atoms with E-state index in [4.69, 9.17) is 5.26 Å². The largest absolute Gasteiger partial charge is 0.356 e. The number of nitriles is 1. The average Bonchev–Trinajstić information content (AvgIpc) is 3.08. The van der Waals surface area contributed by atoms with Gasteiger partial charge in [-0.15, -0.1) is 24.0 Å². The Morgan fingerprint density at radius 1 is 1.30 bits per heavy atom. The fourth-order valence-electron chi connectivity index (χ4n) is 1.98. The molecular weight excluding hydrogens is 403 g/mol. The Labute approximate surface area is 153 Å². The van der Waals surface area contributed by atoms with Crippen LogP contribution in [0.25, 0.3) is 0 Å². The highest BCUT2D eigenvalue weighted by Gasteiger charge is 1.99. The molecule has 0 radical (unpaired) electrons. The number of hydrogen-bond donors (Lipinski definition) is 2. The molecular formula is C16H21IN6. The van der Waals surface area contributed by atoms with Crippen LogP contribution in [-0.2, 0) is 13.1 Å². The smallest absolute Gasteiger partial charge is 0.191 e. The normalized spacial score (nSPS) is 10.5. The molecule has 0 atom stereocenters. The topological polar surface area (TPSA) is 78.0 Å². The monoisotopic (exact) mass is 424 g/mol. The van der Waals surface area contributed by atoms with Gasteiger partial charge in [-0.05, 0) is 30.2 Å². The molecule has 1 aromatic carbocycles. The molecule has 0 fully saturated rings. The van der Waals surface area contributed by atoms with Crippen molar-refractivity contribution >= 4 is 29.9 Å². The summed E-state index contributed by atoms with van der Waals surface area (Å²) in [4.78, 5) is 4.19. The number of aryl methyl sites for hydroxylation is 1. The van der Waals surface area contributed by atoms with E-state index in [9.17, 15) is 0 Å². The molecule has 0 aliphatic rings. The third kappa shape index (κ3) is 6.69. The lowest BCUT2D eigenvalue weighted by molar-refractivity contribution is 0.570. The van der Waals surface area contributed by atoms with Gasteiger partial charge in [0, 0.05) is 39.1 Å². The maximum atomic E-state index is 8.77. The van der Waals surface area contributed by atoms with Gasteiger partial charge in [0.05, 0.1) is 11.6 Å². The van der Waals surface area contributed by atoms with Crippen molar-refractivity contribution in [2.45, 2.75) is 19.5 Å². The molecule has 23 heavy (non-hydrogen) atoms. The number of benzene rings is 1. The molecule has 0 saturated carbocycles. The number of nitrogens with one attached hydrogen (secondary N) is 2. The van der Waals surface area contributed by atoms with Crippen molar-refractivity contribution in [3.8, 4) is 6.07 Å². The van der Waals surface area contributed by atoms with Gasteiger partial charge in [-0.2, -0.15) is 10.4 Å². The lowest BCUT2D eigenvalue weighted by Gasteiger charge is -2.12. The summed E-state index contributed by atoms with van der Waals surface area (Å²) in [5.41, 5.74) is 1.78. The molecule has 0 bridgehead atoms. The van der Waals surface area contributed by atoms with Crippen LogP contribution >= 0.6 is 24.0 Å². The second-order valence-corrected chi connectivity index (χ2v) is 4.78. The predicted molar refractivity (Wildman–Crippen MR) is 102 cm³/mol. The summed E-state index contributed by atoms with van der Waals surface area (Å²) in [5, 5.41) is 19.5. The molecule has 0 aliphatic heterocycles. The van der Waals surface area contributed by atoms with Crippen molar-refractivity contribution in [3.63, 3.8) is 0 Å². The Morgan fingerprint density at radius 2 is 2.09 bits per heavy atom. The maximum Gasteiger partial charge on any atom is 0.191 e. The predicted octanol–water partition coefficient (Wildman–Crippen LogP) is 2.13. The van der Waals surface area contributed by atoms with E-state index < -0.39 is 0 Å². The molecule has 1 heterocycles. The minimum Gasteiger partial charge on any atom is -0.356 e. The molecule has 0 aliphatic carbocycles. The van der Waals surface area contributed by atoms with Crippen LogP contribution in [0.1, 0.15) is 17.5 Å². The van der Waals surface area contributed by atoms with Gasteiger partial charge in [0.25, 0.3) is 0 Å². The second-order valence-electron chi connectivity index (χ2n) is 4.78. The highest BCUT2D eigenvalue weighted by atomic mass is 127. The summed E-state index contributed by atoms with van der Waals surface area (Å²) in [7, 11) is 1.75. The van der Waals surface area contributed by atoms with Crippen molar-refractivity contribution in [1.82, 2.24) is 20.4 Å². The molecule has 1 aromatic heterocycles. The van der Waals surface area contributed by atoms with E-state index in [0.29, 0.717) is 12.1 Å². The molecule has 0 saturated heterocycles. The highest BCUT2D eigenvalue weighted by Crippen LogP contribution is 2.02. The number of halogens is 1.